The van der Waals surface area contributed by atoms with E-state index in [4.69, 9.17) is 9.47 Å². The minimum atomic E-state index is -0.447. The molecule has 0 spiro atoms. The maximum Gasteiger partial charge on any atom is 0.407 e. The third-order valence-corrected chi connectivity index (χ3v) is 9.66. The Morgan fingerprint density at radius 3 is 1.65 bits per heavy atom. The topological polar surface area (TPSA) is 106 Å². The van der Waals surface area contributed by atoms with Gasteiger partial charge in [-0.05, 0) is 42.7 Å². The summed E-state index contributed by atoms with van der Waals surface area (Å²) in [6.07, 6.45) is 10.0. The van der Waals surface area contributed by atoms with Gasteiger partial charge in [-0.3, -0.25) is 14.9 Å². The first-order chi connectivity index (χ1) is 22.6. The van der Waals surface area contributed by atoms with Crippen LogP contribution in [0.5, 0.6) is 0 Å². The molecule has 11 heteroatoms. The van der Waals surface area contributed by atoms with E-state index in [0.717, 1.165) is 27.4 Å². The van der Waals surface area contributed by atoms with Gasteiger partial charge in [0, 0.05) is 44.1 Å². The molecule has 2 amide bonds. The van der Waals surface area contributed by atoms with E-state index in [1.54, 1.807) is 23.4 Å². The molecule has 0 unspecified atom stereocenters. The minimum absolute atomic E-state index is 0.188. The van der Waals surface area contributed by atoms with Crippen LogP contribution in [0.15, 0.2) is 84.1 Å². The van der Waals surface area contributed by atoms with Crippen molar-refractivity contribution in [2.24, 2.45) is 5.92 Å². The van der Waals surface area contributed by atoms with E-state index in [9.17, 15) is 9.59 Å². The van der Waals surface area contributed by atoms with E-state index in [1.165, 1.54) is 54.8 Å². The SMILES string of the molecule is O=C(N[C@H](Cc1ccccc1)CN(CC1CCCCC1)C[C@@H](Cc1ccccc1)NC(=O)OCc1cncs1)OCc1cncs1. The summed E-state index contributed by atoms with van der Waals surface area (Å²) < 4.78 is 11.2. The van der Waals surface area contributed by atoms with E-state index < -0.39 is 12.2 Å². The molecule has 1 fully saturated rings. The highest BCUT2D eigenvalue weighted by Gasteiger charge is 2.26. The molecular weight excluding hydrogens is 619 g/mol. The molecule has 0 radical (unpaired) electrons. The number of nitrogens with zero attached hydrogens (tertiary/aromatic N) is 3. The summed E-state index contributed by atoms with van der Waals surface area (Å²) >= 11 is 2.92. The van der Waals surface area contributed by atoms with Crippen molar-refractivity contribution >= 4 is 34.9 Å². The Morgan fingerprint density at radius 1 is 0.739 bits per heavy atom. The van der Waals surface area contributed by atoms with Crippen LogP contribution in [-0.4, -0.2) is 58.8 Å². The number of ether oxygens (including phenoxy) is 2. The van der Waals surface area contributed by atoms with E-state index in [0.29, 0.717) is 31.8 Å². The number of aromatic nitrogens is 2. The molecule has 46 heavy (non-hydrogen) atoms. The predicted octanol–water partition coefficient (Wildman–Crippen LogP) is 6.86. The average molecular weight is 662 g/mol. The lowest BCUT2D eigenvalue weighted by Crippen LogP contribution is -2.51. The van der Waals surface area contributed by atoms with Crippen molar-refractivity contribution in [3.63, 3.8) is 0 Å². The van der Waals surface area contributed by atoms with Gasteiger partial charge in [-0.15, -0.1) is 22.7 Å². The van der Waals surface area contributed by atoms with Gasteiger partial charge in [0.1, 0.15) is 13.2 Å². The highest BCUT2D eigenvalue weighted by atomic mass is 32.1. The second-order valence-corrected chi connectivity index (χ2v) is 13.8. The van der Waals surface area contributed by atoms with Crippen molar-refractivity contribution in [2.45, 2.75) is 70.2 Å². The van der Waals surface area contributed by atoms with Crippen LogP contribution in [0.2, 0.25) is 0 Å². The number of carbonyl (C=O) groups excluding carboxylic acids is 2. The fraction of sp³-hybridized carbons (Fsp3) is 0.429. The molecule has 9 nitrogen and oxygen atoms in total. The van der Waals surface area contributed by atoms with Crippen molar-refractivity contribution < 1.29 is 19.1 Å². The van der Waals surface area contributed by atoms with Gasteiger partial charge < -0.3 is 20.1 Å². The third-order valence-electron chi connectivity index (χ3n) is 8.15. The number of amides is 2. The Bertz CT molecular complexity index is 1320. The summed E-state index contributed by atoms with van der Waals surface area (Å²) in [6.45, 7) is 2.50. The summed E-state index contributed by atoms with van der Waals surface area (Å²) in [5.41, 5.74) is 5.73. The van der Waals surface area contributed by atoms with Gasteiger partial charge in [-0.25, -0.2) is 9.59 Å². The average Bonchev–Trinajstić information content (AvgIpc) is 3.79. The standard InChI is InChI=1S/C35H43N5O4S2/c41-34(43-23-32-18-36-25-45-32)38-30(16-27-10-4-1-5-11-27)21-40(20-29-14-8-3-9-15-29)22-31(17-28-12-6-2-7-13-28)39-35(42)44-24-33-19-37-26-46-33/h1-2,4-7,10-13,18-19,25-26,29-31H,3,8-9,14-17,20-24H2,(H,38,41)(H,39,42)/t30-,31-/m1/s1. The monoisotopic (exact) mass is 661 g/mol. The molecule has 1 saturated carbocycles. The Balaban J connectivity index is 1.31. The first-order valence-corrected chi connectivity index (χ1v) is 17.8. The van der Waals surface area contributed by atoms with Crippen LogP contribution < -0.4 is 10.6 Å². The normalized spacial score (nSPS) is 14.8. The lowest BCUT2D eigenvalue weighted by molar-refractivity contribution is 0.121. The third kappa shape index (κ3) is 11.9. The molecule has 244 valence electrons. The van der Waals surface area contributed by atoms with Gasteiger partial charge in [-0.1, -0.05) is 79.9 Å². The van der Waals surface area contributed by atoms with Gasteiger partial charge in [-0.2, -0.15) is 0 Å². The highest BCUT2D eigenvalue weighted by molar-refractivity contribution is 7.09. The molecule has 1 aliphatic carbocycles. The number of hydrogen-bond acceptors (Lipinski definition) is 9. The summed E-state index contributed by atoms with van der Waals surface area (Å²) in [4.78, 5) is 38.4. The first-order valence-electron chi connectivity index (χ1n) is 16.0. The van der Waals surface area contributed by atoms with Gasteiger partial charge in [0.2, 0.25) is 0 Å². The van der Waals surface area contributed by atoms with Crippen LogP contribution in [0.25, 0.3) is 0 Å². The van der Waals surface area contributed by atoms with E-state index in [2.05, 4.69) is 49.8 Å². The number of carbonyl (C=O) groups is 2. The lowest BCUT2D eigenvalue weighted by Gasteiger charge is -2.35. The van der Waals surface area contributed by atoms with Crippen LogP contribution in [-0.2, 0) is 35.5 Å². The fourth-order valence-electron chi connectivity index (χ4n) is 6.02. The highest BCUT2D eigenvalue weighted by Crippen LogP contribution is 2.25. The summed E-state index contributed by atoms with van der Waals surface area (Å²) in [6, 6.07) is 20.0. The van der Waals surface area contributed by atoms with Crippen LogP contribution in [0.4, 0.5) is 9.59 Å². The van der Waals surface area contributed by atoms with E-state index in [1.807, 2.05) is 36.4 Å². The van der Waals surface area contributed by atoms with Gasteiger partial charge in [0.15, 0.2) is 0 Å². The second kappa shape index (κ2) is 18.4. The zero-order valence-corrected chi connectivity index (χ0v) is 27.7. The molecule has 1 aliphatic rings. The number of benzene rings is 2. The van der Waals surface area contributed by atoms with Crippen molar-refractivity contribution in [2.75, 3.05) is 19.6 Å². The molecule has 0 saturated heterocycles. The maximum absolute atomic E-state index is 13.0. The van der Waals surface area contributed by atoms with Crippen LogP contribution in [0.3, 0.4) is 0 Å². The molecule has 2 heterocycles. The van der Waals surface area contributed by atoms with Crippen molar-refractivity contribution in [3.8, 4) is 0 Å². The molecule has 2 atom stereocenters. The molecule has 5 rings (SSSR count). The first kappa shape index (κ1) is 33.6. The maximum atomic E-state index is 13.0. The zero-order chi connectivity index (χ0) is 31.8. The zero-order valence-electron chi connectivity index (χ0n) is 26.1. The molecule has 2 aromatic carbocycles. The Morgan fingerprint density at radius 2 is 1.22 bits per heavy atom. The molecule has 0 aliphatic heterocycles. The van der Waals surface area contributed by atoms with Crippen LogP contribution in [0.1, 0.15) is 53.0 Å². The number of nitrogens with one attached hydrogen (secondary N) is 2. The predicted molar refractivity (Wildman–Crippen MR) is 182 cm³/mol. The smallest absolute Gasteiger partial charge is 0.407 e. The van der Waals surface area contributed by atoms with Crippen LogP contribution in [0, 0.1) is 5.92 Å². The number of hydrogen-bond donors (Lipinski definition) is 2. The summed E-state index contributed by atoms with van der Waals surface area (Å²) in [5.74, 6) is 0.570. The largest absolute Gasteiger partial charge is 0.444 e. The number of rotatable bonds is 16. The van der Waals surface area contributed by atoms with Gasteiger partial charge >= 0.3 is 12.2 Å². The molecule has 2 N–H and O–H groups in total. The van der Waals surface area contributed by atoms with Crippen molar-refractivity contribution in [3.05, 3.63) is 105 Å². The Kier molecular flexibility index (Phi) is 13.4. The molecule has 0 bridgehead atoms. The molecule has 4 aromatic rings. The second-order valence-electron chi connectivity index (χ2n) is 11.9. The van der Waals surface area contributed by atoms with Gasteiger partial charge in [0.05, 0.1) is 20.8 Å². The lowest BCUT2D eigenvalue weighted by atomic mass is 9.88. The fourth-order valence-corrected chi connectivity index (χ4v) is 7.03. The van der Waals surface area contributed by atoms with Crippen molar-refractivity contribution in [1.29, 1.82) is 0 Å². The molecule has 2 aromatic heterocycles. The summed E-state index contributed by atoms with van der Waals surface area (Å²) in [5, 5.41) is 6.32. The van der Waals surface area contributed by atoms with Crippen LogP contribution >= 0.6 is 22.7 Å². The van der Waals surface area contributed by atoms with Crippen molar-refractivity contribution in [1.82, 2.24) is 25.5 Å². The quantitative estimate of drug-likeness (QED) is 0.135. The molecular formula is C35H43N5O4S2. The number of alkyl carbamates (subject to hydrolysis) is 2. The van der Waals surface area contributed by atoms with Gasteiger partial charge in [0.25, 0.3) is 0 Å². The van der Waals surface area contributed by atoms with E-state index in [-0.39, 0.29) is 25.3 Å². The van der Waals surface area contributed by atoms with E-state index >= 15 is 0 Å². The number of thiazole rings is 2. The Hall–Kier alpha value is -3.80. The summed E-state index contributed by atoms with van der Waals surface area (Å²) in [7, 11) is 0. The Labute approximate surface area is 279 Å². The minimum Gasteiger partial charge on any atom is -0.444 e.